The summed E-state index contributed by atoms with van der Waals surface area (Å²) in [6, 6.07) is 13.8. The fourth-order valence-corrected chi connectivity index (χ4v) is 3.52. The lowest BCUT2D eigenvalue weighted by Crippen LogP contribution is -2.21. The van der Waals surface area contributed by atoms with Crippen LogP contribution in [0.2, 0.25) is 0 Å². The highest BCUT2D eigenvalue weighted by atomic mass is 16.3. The molecule has 0 fully saturated rings. The van der Waals surface area contributed by atoms with Crippen LogP contribution >= 0.6 is 0 Å². The highest BCUT2D eigenvalue weighted by Gasteiger charge is 2.30. The van der Waals surface area contributed by atoms with Crippen molar-refractivity contribution in [3.05, 3.63) is 78.1 Å². The van der Waals surface area contributed by atoms with Crippen LogP contribution in [0.4, 0.5) is 0 Å². The van der Waals surface area contributed by atoms with Gasteiger partial charge in [-0.3, -0.25) is 4.79 Å². The number of Topliss-reactive ketones (excluding diaryl/α,β-unsaturated/α-hetero) is 1. The Balaban J connectivity index is 1.64. The summed E-state index contributed by atoms with van der Waals surface area (Å²) in [7, 11) is 0. The van der Waals surface area contributed by atoms with Crippen LogP contribution in [0, 0.1) is 0 Å². The number of carbonyl (C=O) groups is 1. The molecule has 1 aromatic carbocycles. The van der Waals surface area contributed by atoms with Crippen molar-refractivity contribution in [1.82, 2.24) is 14.6 Å². The fraction of sp³-hybridized carbons (Fsp3) is 0.150. The number of ketones is 1. The lowest BCUT2D eigenvalue weighted by Gasteiger charge is -2.21. The Bertz CT molecular complexity index is 1070. The second kappa shape index (κ2) is 5.41. The van der Waals surface area contributed by atoms with Gasteiger partial charge in [0, 0.05) is 30.5 Å². The van der Waals surface area contributed by atoms with Crippen molar-refractivity contribution in [2.24, 2.45) is 0 Å². The van der Waals surface area contributed by atoms with Crippen LogP contribution in [-0.4, -0.2) is 20.4 Å². The van der Waals surface area contributed by atoms with Crippen molar-refractivity contribution < 1.29 is 9.21 Å². The summed E-state index contributed by atoms with van der Waals surface area (Å²) < 4.78 is 7.20. The van der Waals surface area contributed by atoms with E-state index in [9.17, 15) is 4.79 Å². The third kappa shape index (κ3) is 2.28. The van der Waals surface area contributed by atoms with Gasteiger partial charge in [-0.1, -0.05) is 30.3 Å². The lowest BCUT2D eigenvalue weighted by atomic mass is 9.85. The smallest absolute Gasteiger partial charge is 0.167 e. The zero-order valence-electron chi connectivity index (χ0n) is 13.4. The van der Waals surface area contributed by atoms with E-state index >= 15 is 0 Å². The van der Waals surface area contributed by atoms with E-state index in [0.29, 0.717) is 18.4 Å². The van der Waals surface area contributed by atoms with Crippen LogP contribution in [0.5, 0.6) is 0 Å². The maximum atomic E-state index is 12.6. The Hall–Kier alpha value is -3.21. The standard InChI is InChI=1S/C20H15N3O2/c24-18-10-14(19-7-4-8-25-19)9-17-16(18)12-23-20(22-17)15(11-21-23)13-5-2-1-3-6-13/h1-8,11-12,14H,9-10H2. The normalized spacial score (nSPS) is 17.0. The number of furan rings is 1. The zero-order chi connectivity index (χ0) is 16.8. The number of aromatic nitrogens is 3. The Labute approximate surface area is 143 Å². The van der Waals surface area contributed by atoms with Gasteiger partial charge >= 0.3 is 0 Å². The van der Waals surface area contributed by atoms with Crippen molar-refractivity contribution in [2.75, 3.05) is 0 Å². The molecule has 1 unspecified atom stereocenters. The number of hydrogen-bond acceptors (Lipinski definition) is 4. The first-order valence-corrected chi connectivity index (χ1v) is 8.29. The third-order valence-electron chi connectivity index (χ3n) is 4.77. The van der Waals surface area contributed by atoms with Crippen LogP contribution < -0.4 is 0 Å². The Morgan fingerprint density at radius 1 is 1.04 bits per heavy atom. The molecule has 122 valence electrons. The summed E-state index contributed by atoms with van der Waals surface area (Å²) in [5, 5.41) is 4.39. The molecule has 25 heavy (non-hydrogen) atoms. The first kappa shape index (κ1) is 14.2. The maximum absolute atomic E-state index is 12.6. The van der Waals surface area contributed by atoms with E-state index in [4.69, 9.17) is 9.40 Å². The van der Waals surface area contributed by atoms with Gasteiger partial charge < -0.3 is 4.42 Å². The molecule has 3 aromatic heterocycles. The van der Waals surface area contributed by atoms with Gasteiger partial charge in [0.05, 0.1) is 23.7 Å². The summed E-state index contributed by atoms with van der Waals surface area (Å²) in [6.45, 7) is 0. The second-order valence-electron chi connectivity index (χ2n) is 6.34. The Kier molecular flexibility index (Phi) is 3.06. The van der Waals surface area contributed by atoms with Gasteiger partial charge in [0.25, 0.3) is 0 Å². The van der Waals surface area contributed by atoms with Gasteiger partial charge in [-0.05, 0) is 17.7 Å². The fourth-order valence-electron chi connectivity index (χ4n) is 3.52. The highest BCUT2D eigenvalue weighted by Crippen LogP contribution is 2.33. The number of carbonyl (C=O) groups excluding carboxylic acids is 1. The molecule has 0 spiro atoms. The second-order valence-corrected chi connectivity index (χ2v) is 6.34. The van der Waals surface area contributed by atoms with Gasteiger partial charge in [-0.25, -0.2) is 9.50 Å². The Morgan fingerprint density at radius 3 is 2.72 bits per heavy atom. The topological polar surface area (TPSA) is 60.4 Å². The van der Waals surface area contributed by atoms with E-state index in [1.54, 1.807) is 17.0 Å². The molecular weight excluding hydrogens is 314 g/mol. The maximum Gasteiger partial charge on any atom is 0.167 e. The Morgan fingerprint density at radius 2 is 1.92 bits per heavy atom. The number of hydrogen-bond donors (Lipinski definition) is 0. The molecule has 5 heteroatoms. The van der Waals surface area contributed by atoms with Gasteiger partial charge in [0.1, 0.15) is 5.76 Å². The van der Waals surface area contributed by atoms with Gasteiger partial charge in [0.2, 0.25) is 0 Å². The van der Waals surface area contributed by atoms with Gasteiger partial charge in [-0.15, -0.1) is 0 Å². The monoisotopic (exact) mass is 329 g/mol. The summed E-state index contributed by atoms with van der Waals surface area (Å²) in [6.07, 6.45) is 6.41. The number of fused-ring (bicyclic) bond motifs is 2. The molecule has 3 heterocycles. The van der Waals surface area contributed by atoms with Crippen molar-refractivity contribution >= 4 is 11.4 Å². The van der Waals surface area contributed by atoms with Gasteiger partial charge in [-0.2, -0.15) is 5.10 Å². The lowest BCUT2D eigenvalue weighted by molar-refractivity contribution is 0.0958. The zero-order valence-corrected chi connectivity index (χ0v) is 13.4. The molecule has 0 aliphatic heterocycles. The van der Waals surface area contributed by atoms with Crippen LogP contribution in [-0.2, 0) is 6.42 Å². The third-order valence-corrected chi connectivity index (χ3v) is 4.77. The molecule has 5 nitrogen and oxygen atoms in total. The largest absolute Gasteiger partial charge is 0.469 e. The number of benzene rings is 1. The predicted octanol–water partition coefficient (Wildman–Crippen LogP) is 3.90. The molecule has 0 radical (unpaired) electrons. The van der Waals surface area contributed by atoms with E-state index in [1.807, 2.05) is 48.7 Å². The van der Waals surface area contributed by atoms with Crippen LogP contribution in [0.1, 0.15) is 34.2 Å². The van der Waals surface area contributed by atoms with E-state index in [1.165, 1.54) is 0 Å². The summed E-state index contributed by atoms with van der Waals surface area (Å²) in [5.41, 5.74) is 4.30. The molecule has 4 aromatic rings. The molecule has 0 amide bonds. The van der Waals surface area contributed by atoms with Crippen molar-refractivity contribution in [3.8, 4) is 11.1 Å². The number of rotatable bonds is 2. The van der Waals surface area contributed by atoms with Crippen LogP contribution in [0.25, 0.3) is 16.8 Å². The molecule has 5 rings (SSSR count). The van der Waals surface area contributed by atoms with E-state index in [2.05, 4.69) is 5.10 Å². The minimum absolute atomic E-state index is 0.0491. The first-order chi connectivity index (χ1) is 12.3. The van der Waals surface area contributed by atoms with E-state index in [-0.39, 0.29) is 11.7 Å². The number of nitrogens with zero attached hydrogens (tertiary/aromatic N) is 3. The molecule has 1 aliphatic carbocycles. The molecule has 0 saturated heterocycles. The van der Waals surface area contributed by atoms with E-state index < -0.39 is 0 Å². The minimum Gasteiger partial charge on any atom is -0.469 e. The summed E-state index contributed by atoms with van der Waals surface area (Å²) in [5.74, 6) is 0.985. The van der Waals surface area contributed by atoms with E-state index in [0.717, 1.165) is 28.2 Å². The predicted molar refractivity (Wildman–Crippen MR) is 92.5 cm³/mol. The van der Waals surface area contributed by atoms with Crippen LogP contribution in [0.3, 0.4) is 0 Å². The average molecular weight is 329 g/mol. The quantitative estimate of drug-likeness (QED) is 0.559. The SMILES string of the molecule is O=C1CC(c2ccco2)Cc2nc3c(-c4ccccc4)cnn3cc21. The minimum atomic E-state index is 0.0491. The van der Waals surface area contributed by atoms with Crippen molar-refractivity contribution in [2.45, 2.75) is 18.8 Å². The summed E-state index contributed by atoms with van der Waals surface area (Å²) >= 11 is 0. The molecule has 0 bridgehead atoms. The average Bonchev–Trinajstić information content (AvgIpc) is 3.31. The summed E-state index contributed by atoms with van der Waals surface area (Å²) in [4.78, 5) is 17.4. The van der Waals surface area contributed by atoms with Crippen molar-refractivity contribution in [3.63, 3.8) is 0 Å². The molecule has 1 aliphatic rings. The molecule has 0 N–H and O–H groups in total. The van der Waals surface area contributed by atoms with Gasteiger partial charge in [0.15, 0.2) is 11.4 Å². The van der Waals surface area contributed by atoms with Crippen molar-refractivity contribution in [1.29, 1.82) is 0 Å². The molecule has 0 saturated carbocycles. The molecular formula is C20H15N3O2. The first-order valence-electron chi connectivity index (χ1n) is 8.29. The van der Waals surface area contributed by atoms with Crippen LogP contribution in [0.15, 0.2) is 65.5 Å². The molecule has 1 atom stereocenters. The highest BCUT2D eigenvalue weighted by molar-refractivity contribution is 5.99.